The zero-order chi connectivity index (χ0) is 23.4. The van der Waals surface area contributed by atoms with Crippen LogP contribution in [-0.2, 0) is 0 Å². The molecule has 0 unspecified atom stereocenters. The summed E-state index contributed by atoms with van der Waals surface area (Å²) >= 11 is 0. The summed E-state index contributed by atoms with van der Waals surface area (Å²) in [5, 5.41) is 8.71. The van der Waals surface area contributed by atoms with Gasteiger partial charge in [-0.25, -0.2) is 9.97 Å². The quantitative estimate of drug-likeness (QED) is 0.294. The highest BCUT2D eigenvalue weighted by Gasteiger charge is 2.29. The fraction of sp³-hybridized carbons (Fsp3) is 0.310. The van der Waals surface area contributed by atoms with E-state index in [0.29, 0.717) is 0 Å². The Morgan fingerprint density at radius 3 is 2.03 bits per heavy atom. The van der Waals surface area contributed by atoms with Gasteiger partial charge < -0.3 is 5.32 Å². The summed E-state index contributed by atoms with van der Waals surface area (Å²) < 4.78 is 2.10. The molecule has 0 amide bonds. The molecule has 5 rings (SSSR count). The van der Waals surface area contributed by atoms with Crippen molar-refractivity contribution in [3.05, 3.63) is 72.6 Å². The molecule has 0 atom stereocenters. The number of nitrogens with one attached hydrogen (secondary N) is 1. The zero-order valence-electron chi connectivity index (χ0n) is 20.4. The Bertz CT molecular complexity index is 1430. The van der Waals surface area contributed by atoms with Crippen LogP contribution in [0.2, 0.25) is 0 Å². The fourth-order valence-electron chi connectivity index (χ4n) is 5.27. The number of rotatable bonds is 4. The van der Waals surface area contributed by atoms with Crippen LogP contribution < -0.4 is 5.32 Å². The van der Waals surface area contributed by atoms with Crippen molar-refractivity contribution in [3.63, 3.8) is 0 Å². The molecule has 4 heteroatoms. The van der Waals surface area contributed by atoms with Gasteiger partial charge in [-0.15, -0.1) is 0 Å². The van der Waals surface area contributed by atoms with E-state index in [2.05, 4.69) is 105 Å². The third-order valence-electron chi connectivity index (χ3n) is 6.07. The summed E-state index contributed by atoms with van der Waals surface area (Å²) in [4.78, 5) is 9.87. The summed E-state index contributed by atoms with van der Waals surface area (Å²) in [6, 6.07) is 21.5. The highest BCUT2D eigenvalue weighted by atomic mass is 15.2. The van der Waals surface area contributed by atoms with Crippen molar-refractivity contribution < 1.29 is 0 Å². The van der Waals surface area contributed by atoms with E-state index in [0.717, 1.165) is 35.0 Å². The van der Waals surface area contributed by atoms with Crippen molar-refractivity contribution >= 4 is 33.1 Å². The Kier molecular flexibility index (Phi) is 4.93. The van der Waals surface area contributed by atoms with E-state index in [1.807, 2.05) is 13.0 Å². The minimum Gasteiger partial charge on any atom is -0.364 e. The van der Waals surface area contributed by atoms with E-state index in [-0.39, 0.29) is 11.0 Å². The van der Waals surface area contributed by atoms with Crippen LogP contribution in [0.4, 0.5) is 5.82 Å². The second kappa shape index (κ2) is 7.58. The molecule has 168 valence electrons. The number of nitrogens with zero attached hydrogens (tertiary/aromatic N) is 3. The summed E-state index contributed by atoms with van der Waals surface area (Å²) in [5.41, 5.74) is 3.12. The van der Waals surface area contributed by atoms with Crippen LogP contribution in [0.25, 0.3) is 38.6 Å². The summed E-state index contributed by atoms with van der Waals surface area (Å²) in [7, 11) is 0. The summed E-state index contributed by atoms with van der Waals surface area (Å²) in [5.74, 6) is 1.71. The molecule has 0 fully saturated rings. The van der Waals surface area contributed by atoms with Crippen LogP contribution in [0.1, 0.15) is 46.7 Å². The Balaban J connectivity index is 1.84. The topological polar surface area (TPSA) is 42.2 Å². The number of anilines is 1. The molecule has 0 spiro atoms. The summed E-state index contributed by atoms with van der Waals surface area (Å²) in [6.07, 6.45) is 3.10. The van der Waals surface area contributed by atoms with E-state index >= 15 is 0 Å². The SMILES string of the molecule is Cc1ccn2c(NC(C)(C)CC(C)(C)C)c(-c3c4ccccc4cc4ccccc34)nc2n1. The third kappa shape index (κ3) is 4.06. The molecule has 0 saturated heterocycles. The molecule has 0 aliphatic heterocycles. The molecule has 0 radical (unpaired) electrons. The molecule has 0 bridgehead atoms. The first-order valence-corrected chi connectivity index (χ1v) is 11.7. The Morgan fingerprint density at radius 1 is 0.818 bits per heavy atom. The molecule has 4 nitrogen and oxygen atoms in total. The van der Waals surface area contributed by atoms with Crippen LogP contribution in [-0.4, -0.2) is 19.9 Å². The lowest BCUT2D eigenvalue weighted by molar-refractivity contribution is 0.302. The van der Waals surface area contributed by atoms with Crippen LogP contribution in [0.5, 0.6) is 0 Å². The smallest absolute Gasteiger partial charge is 0.236 e. The maximum Gasteiger partial charge on any atom is 0.236 e. The minimum absolute atomic E-state index is 0.131. The van der Waals surface area contributed by atoms with E-state index in [1.165, 1.54) is 21.5 Å². The van der Waals surface area contributed by atoms with Crippen molar-refractivity contribution in [1.82, 2.24) is 14.4 Å². The van der Waals surface area contributed by atoms with Gasteiger partial charge in [-0.05, 0) is 66.3 Å². The second-order valence-electron chi connectivity index (χ2n) is 11.0. The van der Waals surface area contributed by atoms with Crippen molar-refractivity contribution in [2.24, 2.45) is 5.41 Å². The highest BCUT2D eigenvalue weighted by Crippen LogP contribution is 2.41. The number of hydrogen-bond acceptors (Lipinski definition) is 3. The molecular formula is C29H32N4. The van der Waals surface area contributed by atoms with E-state index in [1.54, 1.807) is 0 Å². The first-order valence-electron chi connectivity index (χ1n) is 11.7. The fourth-order valence-corrected chi connectivity index (χ4v) is 5.27. The predicted octanol–water partition coefficient (Wildman–Crippen LogP) is 7.64. The maximum absolute atomic E-state index is 5.11. The van der Waals surface area contributed by atoms with Gasteiger partial charge in [0, 0.05) is 23.0 Å². The van der Waals surface area contributed by atoms with Gasteiger partial charge in [-0.3, -0.25) is 4.40 Å². The van der Waals surface area contributed by atoms with Crippen LogP contribution in [0.3, 0.4) is 0 Å². The molecule has 0 aliphatic carbocycles. The first-order chi connectivity index (χ1) is 15.6. The molecular weight excluding hydrogens is 404 g/mol. The average molecular weight is 437 g/mol. The number of imidazole rings is 1. The van der Waals surface area contributed by atoms with E-state index in [4.69, 9.17) is 9.97 Å². The predicted molar refractivity (Wildman–Crippen MR) is 140 cm³/mol. The Hall–Kier alpha value is -3.40. The molecule has 3 aromatic carbocycles. The van der Waals surface area contributed by atoms with E-state index in [9.17, 15) is 0 Å². The average Bonchev–Trinajstić information content (AvgIpc) is 3.06. The van der Waals surface area contributed by atoms with Gasteiger partial charge >= 0.3 is 0 Å². The van der Waals surface area contributed by atoms with Crippen LogP contribution in [0.15, 0.2) is 66.9 Å². The third-order valence-corrected chi connectivity index (χ3v) is 6.07. The van der Waals surface area contributed by atoms with E-state index < -0.39 is 0 Å². The molecule has 2 aromatic heterocycles. The lowest BCUT2D eigenvalue weighted by atomic mass is 9.81. The summed E-state index contributed by atoms with van der Waals surface area (Å²) in [6.45, 7) is 13.4. The molecule has 2 heterocycles. The zero-order valence-corrected chi connectivity index (χ0v) is 20.4. The van der Waals surface area contributed by atoms with Gasteiger partial charge in [0.25, 0.3) is 0 Å². The lowest BCUT2D eigenvalue weighted by Gasteiger charge is -2.34. The van der Waals surface area contributed by atoms with Crippen molar-refractivity contribution in [3.8, 4) is 11.3 Å². The maximum atomic E-state index is 5.11. The molecule has 0 aliphatic rings. The van der Waals surface area contributed by atoms with Crippen LogP contribution >= 0.6 is 0 Å². The van der Waals surface area contributed by atoms with Crippen LogP contribution in [0, 0.1) is 12.3 Å². The molecule has 1 N–H and O–H groups in total. The number of benzene rings is 3. The first kappa shape index (κ1) is 21.4. The Morgan fingerprint density at radius 2 is 1.42 bits per heavy atom. The lowest BCUT2D eigenvalue weighted by Crippen LogP contribution is -2.36. The van der Waals surface area contributed by atoms with Gasteiger partial charge in [-0.2, -0.15) is 0 Å². The van der Waals surface area contributed by atoms with Gasteiger partial charge in [0.15, 0.2) is 0 Å². The van der Waals surface area contributed by atoms with Gasteiger partial charge in [0.1, 0.15) is 11.5 Å². The Labute approximate surface area is 195 Å². The number of aryl methyl sites for hydroxylation is 1. The minimum atomic E-state index is -0.131. The van der Waals surface area contributed by atoms with Gasteiger partial charge in [0.05, 0.1) is 0 Å². The second-order valence-corrected chi connectivity index (χ2v) is 11.0. The largest absolute Gasteiger partial charge is 0.364 e. The normalized spacial score (nSPS) is 12.7. The number of fused-ring (bicyclic) bond motifs is 3. The monoisotopic (exact) mass is 436 g/mol. The van der Waals surface area contributed by atoms with Crippen molar-refractivity contribution in [1.29, 1.82) is 0 Å². The van der Waals surface area contributed by atoms with Gasteiger partial charge in [-0.1, -0.05) is 69.3 Å². The highest BCUT2D eigenvalue weighted by molar-refractivity contribution is 6.13. The number of aromatic nitrogens is 3. The number of hydrogen-bond donors (Lipinski definition) is 1. The van der Waals surface area contributed by atoms with Gasteiger partial charge in [0.2, 0.25) is 5.78 Å². The standard InChI is InChI=1S/C29H32N4/c1-19-15-16-33-26(32-29(5,6)18-28(2,3)4)25(31-27(33)30-19)24-22-13-9-7-11-20(22)17-21-12-8-10-14-23(21)24/h7-17,32H,18H2,1-6H3. The van der Waals surface area contributed by atoms with Crippen molar-refractivity contribution in [2.45, 2.75) is 53.5 Å². The molecule has 0 saturated carbocycles. The van der Waals surface area contributed by atoms with Crippen molar-refractivity contribution in [2.75, 3.05) is 5.32 Å². The molecule has 33 heavy (non-hydrogen) atoms. The molecule has 5 aromatic rings.